The molecule has 0 bridgehead atoms. The number of aliphatic hydroxyl groups is 2. The molecule has 0 saturated carbocycles. The van der Waals surface area contributed by atoms with Gasteiger partial charge in [0, 0.05) is 18.6 Å². The Morgan fingerprint density at radius 1 is 1.50 bits per heavy atom. The molecule has 0 aliphatic carbocycles. The average Bonchev–Trinajstić information content (AvgIpc) is 2.73. The van der Waals surface area contributed by atoms with Crippen molar-refractivity contribution in [2.24, 2.45) is 5.41 Å². The van der Waals surface area contributed by atoms with Crippen LogP contribution >= 0.6 is 0 Å². The van der Waals surface area contributed by atoms with Crippen LogP contribution in [0.4, 0.5) is 0 Å². The van der Waals surface area contributed by atoms with Gasteiger partial charge < -0.3 is 14.9 Å². The molecule has 14 heavy (non-hydrogen) atoms. The first-order chi connectivity index (χ1) is 6.64. The van der Waals surface area contributed by atoms with Gasteiger partial charge in [-0.15, -0.1) is 0 Å². The summed E-state index contributed by atoms with van der Waals surface area (Å²) in [4.78, 5) is 2.24. The fraction of sp³-hybridized carbons (Fsp3) is 1.00. The van der Waals surface area contributed by atoms with Crippen LogP contribution in [0.1, 0.15) is 13.3 Å². The highest BCUT2D eigenvalue weighted by atomic mass is 16.5. The second-order valence-electron chi connectivity index (χ2n) is 4.86. The van der Waals surface area contributed by atoms with Crippen molar-refractivity contribution in [1.82, 2.24) is 4.90 Å². The highest BCUT2D eigenvalue weighted by molar-refractivity contribution is 4.93. The maximum Gasteiger partial charge on any atom is 0.0950 e. The van der Waals surface area contributed by atoms with Crippen molar-refractivity contribution in [1.29, 1.82) is 0 Å². The summed E-state index contributed by atoms with van der Waals surface area (Å²) in [6, 6.07) is 0.142. The number of likely N-dealkylation sites (tertiary alicyclic amines) is 1. The Bertz CT molecular complexity index is 212. The molecule has 2 fully saturated rings. The molecule has 0 amide bonds. The summed E-state index contributed by atoms with van der Waals surface area (Å²) in [5.74, 6) is 0. The van der Waals surface area contributed by atoms with Crippen LogP contribution in [0.15, 0.2) is 0 Å². The summed E-state index contributed by atoms with van der Waals surface area (Å²) in [5, 5.41) is 18.9. The van der Waals surface area contributed by atoms with E-state index in [1.165, 1.54) is 0 Å². The summed E-state index contributed by atoms with van der Waals surface area (Å²) in [6.07, 6.45) is 0.656. The molecule has 2 heterocycles. The van der Waals surface area contributed by atoms with E-state index in [9.17, 15) is 10.2 Å². The molecule has 0 radical (unpaired) electrons. The van der Waals surface area contributed by atoms with Gasteiger partial charge in [-0.25, -0.2) is 0 Å². The lowest BCUT2D eigenvalue weighted by Crippen LogP contribution is -2.42. The van der Waals surface area contributed by atoms with Gasteiger partial charge in [0.05, 0.1) is 25.4 Å². The van der Waals surface area contributed by atoms with E-state index in [4.69, 9.17) is 4.74 Å². The van der Waals surface area contributed by atoms with Gasteiger partial charge in [-0.3, -0.25) is 4.90 Å². The number of hydrogen-bond acceptors (Lipinski definition) is 4. The zero-order valence-electron chi connectivity index (χ0n) is 8.65. The molecule has 3 unspecified atom stereocenters. The SMILES string of the molecule is CC1(CO)CCN(C2COCC2O)C1. The number of hydrogen-bond donors (Lipinski definition) is 2. The van der Waals surface area contributed by atoms with E-state index in [2.05, 4.69) is 11.8 Å². The number of aliphatic hydroxyl groups excluding tert-OH is 2. The minimum atomic E-state index is -0.351. The molecule has 3 atom stereocenters. The third-order valence-corrected chi connectivity index (χ3v) is 3.46. The van der Waals surface area contributed by atoms with Crippen molar-refractivity contribution in [2.45, 2.75) is 25.5 Å². The molecule has 4 heteroatoms. The van der Waals surface area contributed by atoms with E-state index >= 15 is 0 Å². The molecular formula is C10H19NO3. The van der Waals surface area contributed by atoms with Gasteiger partial charge in [0.25, 0.3) is 0 Å². The van der Waals surface area contributed by atoms with E-state index in [1.54, 1.807) is 0 Å². The molecule has 2 N–H and O–H groups in total. The third-order valence-electron chi connectivity index (χ3n) is 3.46. The molecule has 0 aromatic carbocycles. The minimum Gasteiger partial charge on any atom is -0.396 e. The summed E-state index contributed by atoms with van der Waals surface area (Å²) >= 11 is 0. The predicted molar refractivity (Wildman–Crippen MR) is 52.0 cm³/mol. The average molecular weight is 201 g/mol. The Hall–Kier alpha value is -0.160. The summed E-state index contributed by atoms with van der Waals surface area (Å²) in [7, 11) is 0. The Balaban J connectivity index is 1.95. The molecule has 2 saturated heterocycles. The minimum absolute atomic E-state index is 0.0162. The lowest BCUT2D eigenvalue weighted by molar-refractivity contribution is 0.0800. The van der Waals surface area contributed by atoms with Crippen LogP contribution in [0.5, 0.6) is 0 Å². The van der Waals surface area contributed by atoms with Crippen LogP contribution in [0, 0.1) is 5.41 Å². The second kappa shape index (κ2) is 3.77. The Morgan fingerprint density at radius 2 is 2.29 bits per heavy atom. The first-order valence-electron chi connectivity index (χ1n) is 5.25. The van der Waals surface area contributed by atoms with Gasteiger partial charge in [-0.05, 0) is 13.0 Å². The van der Waals surface area contributed by atoms with Crippen LogP contribution in [0.3, 0.4) is 0 Å². The molecule has 0 aromatic heterocycles. The van der Waals surface area contributed by atoms with E-state index in [-0.39, 0.29) is 24.2 Å². The molecule has 2 aliphatic rings. The van der Waals surface area contributed by atoms with Crippen LogP contribution < -0.4 is 0 Å². The fourth-order valence-electron chi connectivity index (χ4n) is 2.35. The molecule has 82 valence electrons. The number of ether oxygens (including phenoxy) is 1. The summed E-state index contributed by atoms with van der Waals surface area (Å²) < 4.78 is 5.23. The van der Waals surface area contributed by atoms with Crippen molar-refractivity contribution in [2.75, 3.05) is 32.9 Å². The van der Waals surface area contributed by atoms with Crippen LogP contribution in [-0.2, 0) is 4.74 Å². The van der Waals surface area contributed by atoms with E-state index in [0.717, 1.165) is 19.5 Å². The highest BCUT2D eigenvalue weighted by Gasteiger charge is 2.40. The standard InChI is InChI=1S/C10H19NO3/c1-10(7-12)2-3-11(6-10)8-4-14-5-9(8)13/h8-9,12-13H,2-7H2,1H3. The first kappa shape index (κ1) is 10.4. The van der Waals surface area contributed by atoms with Gasteiger partial charge in [0.15, 0.2) is 0 Å². The monoisotopic (exact) mass is 201 g/mol. The number of rotatable bonds is 2. The van der Waals surface area contributed by atoms with Gasteiger partial charge in [-0.1, -0.05) is 6.92 Å². The van der Waals surface area contributed by atoms with Gasteiger partial charge >= 0.3 is 0 Å². The Labute approximate surface area is 84.5 Å². The van der Waals surface area contributed by atoms with Crippen LogP contribution in [-0.4, -0.2) is 60.2 Å². The van der Waals surface area contributed by atoms with E-state index in [0.29, 0.717) is 13.2 Å². The van der Waals surface area contributed by atoms with Crippen LogP contribution in [0.2, 0.25) is 0 Å². The summed E-state index contributed by atoms with van der Waals surface area (Å²) in [5.41, 5.74) is 0.0162. The second-order valence-corrected chi connectivity index (χ2v) is 4.86. The molecule has 4 nitrogen and oxygen atoms in total. The van der Waals surface area contributed by atoms with Gasteiger partial charge in [0.2, 0.25) is 0 Å². The largest absolute Gasteiger partial charge is 0.396 e. The van der Waals surface area contributed by atoms with Crippen molar-refractivity contribution >= 4 is 0 Å². The molecule has 2 aliphatic heterocycles. The topological polar surface area (TPSA) is 52.9 Å². The van der Waals surface area contributed by atoms with E-state index in [1.807, 2.05) is 0 Å². The maximum atomic E-state index is 9.66. The number of nitrogens with zero attached hydrogens (tertiary/aromatic N) is 1. The zero-order chi connectivity index (χ0) is 10.2. The molecular weight excluding hydrogens is 182 g/mol. The fourth-order valence-corrected chi connectivity index (χ4v) is 2.35. The predicted octanol–water partition coefficient (Wildman–Crippen LogP) is -0.550. The smallest absolute Gasteiger partial charge is 0.0950 e. The summed E-state index contributed by atoms with van der Waals surface area (Å²) in [6.45, 7) is 5.23. The molecule has 0 aromatic rings. The molecule has 0 spiro atoms. The quantitative estimate of drug-likeness (QED) is 0.629. The van der Waals surface area contributed by atoms with Crippen molar-refractivity contribution in [3.8, 4) is 0 Å². The van der Waals surface area contributed by atoms with Crippen LogP contribution in [0.25, 0.3) is 0 Å². The Morgan fingerprint density at radius 3 is 2.79 bits per heavy atom. The van der Waals surface area contributed by atoms with Crippen molar-refractivity contribution in [3.05, 3.63) is 0 Å². The normalized spacial score (nSPS) is 44.8. The van der Waals surface area contributed by atoms with Crippen molar-refractivity contribution in [3.63, 3.8) is 0 Å². The molecule has 2 rings (SSSR count). The lowest BCUT2D eigenvalue weighted by Gasteiger charge is -2.27. The first-order valence-corrected chi connectivity index (χ1v) is 5.25. The van der Waals surface area contributed by atoms with Crippen molar-refractivity contribution < 1.29 is 14.9 Å². The lowest BCUT2D eigenvalue weighted by atomic mass is 9.91. The maximum absolute atomic E-state index is 9.66. The van der Waals surface area contributed by atoms with Gasteiger partial charge in [0.1, 0.15) is 0 Å². The third kappa shape index (κ3) is 1.80. The van der Waals surface area contributed by atoms with Gasteiger partial charge in [-0.2, -0.15) is 0 Å². The Kier molecular flexibility index (Phi) is 2.79. The zero-order valence-corrected chi connectivity index (χ0v) is 8.65. The van der Waals surface area contributed by atoms with E-state index < -0.39 is 0 Å². The highest BCUT2D eigenvalue weighted by Crippen LogP contribution is 2.31.